The minimum Gasteiger partial charge on any atom is -0.457 e. The zero-order valence-corrected chi connectivity index (χ0v) is 37.7. The molecule has 0 radical (unpaired) electrons. The van der Waals surface area contributed by atoms with E-state index in [2.05, 4.69) is 142 Å². The van der Waals surface area contributed by atoms with E-state index in [1.807, 2.05) is 36.5 Å². The molecule has 0 unspecified atom stereocenters. The monoisotopic (exact) mass is 794 g/mol. The summed E-state index contributed by atoms with van der Waals surface area (Å²) in [6, 6.07) is 33.1. The first-order chi connectivity index (χ1) is 27.0. The van der Waals surface area contributed by atoms with Crippen LogP contribution in [-0.4, -0.2) is 18.0 Å². The third-order valence-corrected chi connectivity index (χ3v) is 13.1. The van der Waals surface area contributed by atoms with Crippen molar-refractivity contribution < 1.29 is 13.5 Å². The molecule has 6 heteroatoms. The number of alkyl halides is 2. The number of ether oxygens (including phenoxy) is 1. The van der Waals surface area contributed by atoms with Gasteiger partial charge in [-0.2, -0.15) is 8.78 Å². The first-order valence-corrected chi connectivity index (χ1v) is 24.1. The number of rotatable bonds is 10. The lowest BCUT2D eigenvalue weighted by Crippen LogP contribution is -2.37. The van der Waals surface area contributed by atoms with Crippen molar-refractivity contribution in [1.29, 1.82) is 0 Å². The SMILES string of the molecule is CC(C)c1cccc(C(C)C)c1-c1ccnc(-c2cc(Oc3cc(-c4cc(C(F)(F)c5ccc([Si](C)(C)C)cc5)ccn4)cc(C(C)(C)C)c3)cc(C(C)(C)C)c2)c1. The number of nitrogens with zero attached hydrogens (tertiary/aromatic N) is 2. The number of hydrogen-bond acceptors (Lipinski definition) is 3. The summed E-state index contributed by atoms with van der Waals surface area (Å²) in [6.07, 6.45) is 3.38. The van der Waals surface area contributed by atoms with Gasteiger partial charge in [0.15, 0.2) is 0 Å². The van der Waals surface area contributed by atoms with E-state index >= 15 is 8.78 Å². The van der Waals surface area contributed by atoms with Crippen LogP contribution in [0.1, 0.15) is 114 Å². The van der Waals surface area contributed by atoms with E-state index in [4.69, 9.17) is 9.72 Å². The lowest BCUT2D eigenvalue weighted by molar-refractivity contribution is 0.0428. The molecule has 0 spiro atoms. The second-order valence-corrected chi connectivity index (χ2v) is 24.6. The van der Waals surface area contributed by atoms with E-state index < -0.39 is 14.0 Å². The average molecular weight is 795 g/mol. The molecule has 0 bridgehead atoms. The Bertz CT molecular complexity index is 2390. The largest absolute Gasteiger partial charge is 0.457 e. The Morgan fingerprint density at radius 1 is 0.517 bits per heavy atom. The minimum atomic E-state index is -3.20. The summed E-state index contributed by atoms with van der Waals surface area (Å²) in [5, 5.41) is 1.14. The fraction of sp³-hybridized carbons (Fsp3) is 0.346. The van der Waals surface area contributed by atoms with Crippen molar-refractivity contribution in [1.82, 2.24) is 9.97 Å². The van der Waals surface area contributed by atoms with E-state index in [9.17, 15) is 0 Å². The first-order valence-electron chi connectivity index (χ1n) is 20.6. The van der Waals surface area contributed by atoms with Gasteiger partial charge in [-0.05, 0) is 117 Å². The molecule has 6 rings (SSSR count). The van der Waals surface area contributed by atoms with Gasteiger partial charge in [-0.15, -0.1) is 0 Å². The highest BCUT2D eigenvalue weighted by atomic mass is 28.3. The molecular weight excluding hydrogens is 735 g/mol. The van der Waals surface area contributed by atoms with Crippen molar-refractivity contribution in [3.63, 3.8) is 0 Å². The number of pyridine rings is 2. The zero-order valence-electron chi connectivity index (χ0n) is 36.7. The number of aromatic nitrogens is 2. The van der Waals surface area contributed by atoms with Crippen molar-refractivity contribution in [3.8, 4) is 45.1 Å². The quantitative estimate of drug-likeness (QED) is 0.130. The predicted octanol–water partition coefficient (Wildman–Crippen LogP) is 14.8. The molecule has 4 aromatic carbocycles. The van der Waals surface area contributed by atoms with Gasteiger partial charge >= 0.3 is 0 Å². The molecule has 2 aromatic heterocycles. The van der Waals surface area contributed by atoms with Crippen LogP contribution in [0.3, 0.4) is 0 Å². The van der Waals surface area contributed by atoms with E-state index in [1.54, 1.807) is 12.1 Å². The van der Waals surface area contributed by atoms with Crippen LogP contribution in [0.15, 0.2) is 116 Å². The molecule has 0 N–H and O–H groups in total. The average Bonchev–Trinajstić information content (AvgIpc) is 3.16. The van der Waals surface area contributed by atoms with Gasteiger partial charge in [-0.25, -0.2) is 0 Å². The van der Waals surface area contributed by atoms with Crippen molar-refractivity contribution >= 4 is 13.3 Å². The molecule has 0 aliphatic rings. The minimum absolute atomic E-state index is 0.0295. The summed E-state index contributed by atoms with van der Waals surface area (Å²) in [7, 11) is -1.63. The summed E-state index contributed by atoms with van der Waals surface area (Å²) >= 11 is 0. The fourth-order valence-electron chi connectivity index (χ4n) is 7.37. The van der Waals surface area contributed by atoms with Gasteiger partial charge in [0, 0.05) is 34.6 Å². The summed E-state index contributed by atoms with van der Waals surface area (Å²) in [6.45, 7) is 28.6. The molecule has 3 nitrogen and oxygen atoms in total. The van der Waals surface area contributed by atoms with Crippen LogP contribution in [0.2, 0.25) is 19.6 Å². The highest BCUT2D eigenvalue weighted by Crippen LogP contribution is 2.41. The highest BCUT2D eigenvalue weighted by molar-refractivity contribution is 6.88. The van der Waals surface area contributed by atoms with Crippen LogP contribution in [0.5, 0.6) is 11.5 Å². The molecule has 0 aliphatic carbocycles. The second kappa shape index (κ2) is 16.0. The predicted molar refractivity (Wildman–Crippen MR) is 243 cm³/mol. The Balaban J connectivity index is 1.42. The zero-order chi connectivity index (χ0) is 42.4. The molecule has 0 amide bonds. The van der Waals surface area contributed by atoms with Crippen molar-refractivity contribution in [2.75, 3.05) is 0 Å². The van der Waals surface area contributed by atoms with Gasteiger partial charge in [0.25, 0.3) is 5.92 Å². The standard InChI is InChI=1S/C52H60F2N2OSi/c1-33(2)45-15-14-16-46(34(3)4)49(45)35-21-23-55-47(29-35)36-25-40(50(5,6)7)30-42(27-36)57-43-28-37(26-41(31-43)51(8,9)10)48-32-39(22-24-56-48)52(53,54)38-17-19-44(20-18-38)58(11,12)13/h14-34H,1-13H3. The Morgan fingerprint density at radius 3 is 1.47 bits per heavy atom. The van der Waals surface area contributed by atoms with Gasteiger partial charge in [0.2, 0.25) is 0 Å². The molecule has 0 aliphatic heterocycles. The summed E-state index contributed by atoms with van der Waals surface area (Å²) in [5.74, 6) is -1.19. The summed E-state index contributed by atoms with van der Waals surface area (Å²) in [5.41, 5.74) is 9.62. The van der Waals surface area contributed by atoms with Crippen LogP contribution in [-0.2, 0) is 16.8 Å². The van der Waals surface area contributed by atoms with Gasteiger partial charge < -0.3 is 4.74 Å². The molecular formula is C52H60F2N2OSi. The van der Waals surface area contributed by atoms with Crippen molar-refractivity contribution in [2.24, 2.45) is 0 Å². The smallest absolute Gasteiger partial charge is 0.298 e. The van der Waals surface area contributed by atoms with Gasteiger partial charge in [0.05, 0.1) is 19.5 Å². The van der Waals surface area contributed by atoms with Crippen molar-refractivity contribution in [2.45, 2.75) is 117 Å². The first kappa shape index (κ1) is 42.7. The second-order valence-electron chi connectivity index (χ2n) is 19.5. The Hall–Kier alpha value is -4.94. The number of halogens is 2. The maximum absolute atomic E-state index is 16.1. The molecule has 0 fully saturated rings. The third-order valence-electron chi connectivity index (χ3n) is 11.0. The lowest BCUT2D eigenvalue weighted by atomic mass is 9.84. The molecule has 0 saturated heterocycles. The van der Waals surface area contributed by atoms with E-state index in [1.165, 1.54) is 35.0 Å². The molecule has 6 aromatic rings. The molecule has 0 atom stereocenters. The fourth-order valence-corrected chi connectivity index (χ4v) is 8.54. The number of benzene rings is 4. The van der Waals surface area contributed by atoms with Gasteiger partial charge in [-0.3, -0.25) is 9.97 Å². The normalized spacial score (nSPS) is 12.7. The van der Waals surface area contributed by atoms with Crippen molar-refractivity contribution in [3.05, 3.63) is 149 Å². The third kappa shape index (κ3) is 9.34. The summed E-state index contributed by atoms with van der Waals surface area (Å²) < 4.78 is 39.1. The van der Waals surface area contributed by atoms with Crippen LogP contribution in [0.4, 0.5) is 8.78 Å². The van der Waals surface area contributed by atoms with Crippen LogP contribution in [0, 0.1) is 0 Å². The van der Waals surface area contributed by atoms with Crippen LogP contribution in [0.25, 0.3) is 33.6 Å². The maximum atomic E-state index is 16.1. The highest BCUT2D eigenvalue weighted by Gasteiger charge is 2.35. The molecule has 0 saturated carbocycles. The maximum Gasteiger partial charge on any atom is 0.298 e. The van der Waals surface area contributed by atoms with E-state index in [-0.39, 0.29) is 22.0 Å². The Morgan fingerprint density at radius 2 is 1.00 bits per heavy atom. The lowest BCUT2D eigenvalue weighted by Gasteiger charge is -2.24. The van der Waals surface area contributed by atoms with Gasteiger partial charge in [-0.1, -0.05) is 137 Å². The van der Waals surface area contributed by atoms with Gasteiger partial charge in [0.1, 0.15) is 11.5 Å². The summed E-state index contributed by atoms with van der Waals surface area (Å²) in [4.78, 5) is 9.51. The molecule has 2 heterocycles. The van der Waals surface area contributed by atoms with E-state index in [0.29, 0.717) is 34.6 Å². The Kier molecular flexibility index (Phi) is 11.8. The van der Waals surface area contributed by atoms with E-state index in [0.717, 1.165) is 33.1 Å². The van der Waals surface area contributed by atoms with Crippen LogP contribution >= 0.6 is 0 Å². The molecule has 58 heavy (non-hydrogen) atoms. The topological polar surface area (TPSA) is 35.0 Å². The number of hydrogen-bond donors (Lipinski definition) is 0. The van der Waals surface area contributed by atoms with Crippen LogP contribution < -0.4 is 9.92 Å². The Labute approximate surface area is 347 Å². The molecule has 302 valence electrons.